The molecule has 0 bridgehead atoms. The zero-order valence-corrected chi connectivity index (χ0v) is 18.3. The number of fused-ring (bicyclic) bond motifs is 2. The van der Waals surface area contributed by atoms with E-state index in [9.17, 15) is 14.4 Å². The number of hydrogen-bond donors (Lipinski definition) is 2. The van der Waals surface area contributed by atoms with Crippen LogP contribution in [0.2, 0.25) is 0 Å². The Labute approximate surface area is 183 Å². The van der Waals surface area contributed by atoms with Gasteiger partial charge in [0, 0.05) is 4.88 Å². The zero-order chi connectivity index (χ0) is 22.0. The standard InChI is InChI=1S/C22H24N4O4S/c1-26(11-17-23-15-9-5-3-7-13(15)20(28)24-17)12-18(27)25-21-19(22(29)30-2)14-8-4-6-10-16(14)31-21/h3,5,7,9H,4,6,8,10-12H2,1-2H3,(H,25,27)(H,23,24,28). The third-order valence-electron chi connectivity index (χ3n) is 5.31. The third kappa shape index (κ3) is 4.52. The van der Waals surface area contributed by atoms with Crippen LogP contribution in [-0.2, 0) is 28.9 Å². The van der Waals surface area contributed by atoms with E-state index in [1.165, 1.54) is 18.4 Å². The van der Waals surface area contributed by atoms with Crippen LogP contribution in [0.3, 0.4) is 0 Å². The smallest absolute Gasteiger partial charge is 0.341 e. The average molecular weight is 441 g/mol. The van der Waals surface area contributed by atoms with Gasteiger partial charge in [0.25, 0.3) is 5.56 Å². The van der Waals surface area contributed by atoms with Gasteiger partial charge < -0.3 is 15.0 Å². The molecule has 1 amide bonds. The highest BCUT2D eigenvalue weighted by Gasteiger charge is 2.27. The number of ether oxygens (including phenoxy) is 1. The molecule has 0 aliphatic heterocycles. The van der Waals surface area contributed by atoms with Crippen molar-refractivity contribution in [2.24, 2.45) is 0 Å². The van der Waals surface area contributed by atoms with Gasteiger partial charge >= 0.3 is 5.97 Å². The van der Waals surface area contributed by atoms with Crippen LogP contribution in [0.1, 0.15) is 39.5 Å². The number of amides is 1. The van der Waals surface area contributed by atoms with Crippen molar-refractivity contribution in [3.05, 3.63) is 56.4 Å². The van der Waals surface area contributed by atoms with Crippen molar-refractivity contribution in [3.8, 4) is 0 Å². The summed E-state index contributed by atoms with van der Waals surface area (Å²) in [5.41, 5.74) is 1.90. The van der Waals surface area contributed by atoms with E-state index in [-0.39, 0.29) is 18.0 Å². The quantitative estimate of drug-likeness (QED) is 0.571. The molecule has 2 N–H and O–H groups in total. The number of aryl methyl sites for hydroxylation is 1. The Morgan fingerprint density at radius 1 is 1.26 bits per heavy atom. The van der Waals surface area contributed by atoms with Gasteiger partial charge in [-0.1, -0.05) is 12.1 Å². The summed E-state index contributed by atoms with van der Waals surface area (Å²) in [6, 6.07) is 7.13. The molecule has 9 heteroatoms. The molecule has 1 aliphatic carbocycles. The Balaban J connectivity index is 1.46. The molecule has 1 aromatic carbocycles. The van der Waals surface area contributed by atoms with E-state index in [0.29, 0.717) is 33.8 Å². The lowest BCUT2D eigenvalue weighted by atomic mass is 9.95. The molecular weight excluding hydrogens is 416 g/mol. The second-order valence-electron chi connectivity index (χ2n) is 7.66. The lowest BCUT2D eigenvalue weighted by Crippen LogP contribution is -2.31. The summed E-state index contributed by atoms with van der Waals surface area (Å²) in [4.78, 5) is 47.4. The highest BCUT2D eigenvalue weighted by atomic mass is 32.1. The van der Waals surface area contributed by atoms with Crippen molar-refractivity contribution < 1.29 is 14.3 Å². The van der Waals surface area contributed by atoms with Gasteiger partial charge in [0.2, 0.25) is 5.91 Å². The monoisotopic (exact) mass is 440 g/mol. The van der Waals surface area contributed by atoms with Crippen molar-refractivity contribution in [2.45, 2.75) is 32.2 Å². The maximum atomic E-state index is 12.7. The van der Waals surface area contributed by atoms with Gasteiger partial charge in [-0.2, -0.15) is 0 Å². The lowest BCUT2D eigenvalue weighted by molar-refractivity contribution is -0.117. The van der Waals surface area contributed by atoms with Crippen molar-refractivity contribution in [2.75, 3.05) is 26.0 Å². The molecule has 0 unspecified atom stereocenters. The number of anilines is 1. The summed E-state index contributed by atoms with van der Waals surface area (Å²) in [6.45, 7) is 0.387. The van der Waals surface area contributed by atoms with Gasteiger partial charge in [-0.3, -0.25) is 14.5 Å². The number of aromatic amines is 1. The number of carbonyl (C=O) groups excluding carboxylic acids is 2. The van der Waals surface area contributed by atoms with E-state index in [4.69, 9.17) is 4.74 Å². The average Bonchev–Trinajstić information content (AvgIpc) is 3.10. The first-order valence-corrected chi connectivity index (χ1v) is 11.0. The van der Waals surface area contributed by atoms with Crippen LogP contribution < -0.4 is 10.9 Å². The first-order valence-electron chi connectivity index (χ1n) is 10.2. The summed E-state index contributed by atoms with van der Waals surface area (Å²) < 4.78 is 4.95. The van der Waals surface area contributed by atoms with Gasteiger partial charge in [-0.15, -0.1) is 11.3 Å². The fourth-order valence-corrected chi connectivity index (χ4v) is 5.20. The fourth-order valence-electron chi connectivity index (χ4n) is 3.90. The molecule has 0 radical (unpaired) electrons. The van der Waals surface area contributed by atoms with Gasteiger partial charge in [-0.25, -0.2) is 9.78 Å². The molecule has 3 aromatic rings. The second-order valence-corrected chi connectivity index (χ2v) is 8.76. The molecule has 0 fully saturated rings. The summed E-state index contributed by atoms with van der Waals surface area (Å²) in [6.07, 6.45) is 3.86. The summed E-state index contributed by atoms with van der Waals surface area (Å²) in [7, 11) is 3.13. The predicted octanol–water partition coefficient (Wildman–Crippen LogP) is 2.72. The molecule has 0 spiro atoms. The summed E-state index contributed by atoms with van der Waals surface area (Å²) in [5, 5.41) is 3.97. The molecule has 31 heavy (non-hydrogen) atoms. The number of likely N-dealkylation sites (N-methyl/N-ethyl adjacent to an activating group) is 1. The topological polar surface area (TPSA) is 104 Å². The Bertz CT molecular complexity index is 1200. The Kier molecular flexibility index (Phi) is 6.15. The Hall–Kier alpha value is -3.04. The normalized spacial score (nSPS) is 13.3. The molecule has 1 aliphatic rings. The molecular formula is C22H24N4O4S. The van der Waals surface area contributed by atoms with E-state index in [1.54, 1.807) is 30.1 Å². The van der Waals surface area contributed by atoms with Crippen LogP contribution >= 0.6 is 11.3 Å². The highest BCUT2D eigenvalue weighted by Crippen LogP contribution is 2.38. The van der Waals surface area contributed by atoms with Crippen molar-refractivity contribution >= 4 is 39.1 Å². The molecule has 2 aromatic heterocycles. The van der Waals surface area contributed by atoms with Crippen LogP contribution in [0.4, 0.5) is 5.00 Å². The number of methoxy groups -OCH3 is 1. The number of esters is 1. The Morgan fingerprint density at radius 3 is 2.84 bits per heavy atom. The number of para-hydroxylation sites is 1. The van der Waals surface area contributed by atoms with Crippen molar-refractivity contribution in [1.82, 2.24) is 14.9 Å². The largest absolute Gasteiger partial charge is 0.465 e. The maximum absolute atomic E-state index is 12.7. The Morgan fingerprint density at radius 2 is 2.03 bits per heavy atom. The van der Waals surface area contributed by atoms with Crippen LogP contribution in [-0.4, -0.2) is 47.4 Å². The van der Waals surface area contributed by atoms with Gasteiger partial charge in [0.05, 0.1) is 36.7 Å². The second kappa shape index (κ2) is 8.99. The maximum Gasteiger partial charge on any atom is 0.341 e. The van der Waals surface area contributed by atoms with E-state index >= 15 is 0 Å². The highest BCUT2D eigenvalue weighted by molar-refractivity contribution is 7.17. The number of carbonyl (C=O) groups is 2. The minimum atomic E-state index is -0.416. The number of thiophene rings is 1. The number of nitrogens with zero attached hydrogens (tertiary/aromatic N) is 2. The first-order chi connectivity index (χ1) is 15.0. The SMILES string of the molecule is COC(=O)c1c(NC(=O)CN(C)Cc2nc3ccccc3c(=O)[nH]2)sc2c1CCCC2. The van der Waals surface area contributed by atoms with Crippen molar-refractivity contribution in [3.63, 3.8) is 0 Å². The van der Waals surface area contributed by atoms with E-state index < -0.39 is 5.97 Å². The predicted molar refractivity (Wildman–Crippen MR) is 120 cm³/mol. The number of rotatable bonds is 6. The number of aromatic nitrogens is 2. The summed E-state index contributed by atoms with van der Waals surface area (Å²) in [5.74, 6) is -0.170. The van der Waals surface area contributed by atoms with Gasteiger partial charge in [-0.05, 0) is 50.4 Å². The molecule has 0 saturated heterocycles. The fraction of sp³-hybridized carbons (Fsp3) is 0.364. The zero-order valence-electron chi connectivity index (χ0n) is 17.5. The van der Waals surface area contributed by atoms with Crippen molar-refractivity contribution in [1.29, 1.82) is 0 Å². The van der Waals surface area contributed by atoms with E-state index in [2.05, 4.69) is 15.3 Å². The number of nitrogens with one attached hydrogen (secondary N) is 2. The number of hydrogen-bond acceptors (Lipinski definition) is 7. The summed E-state index contributed by atoms with van der Waals surface area (Å²) >= 11 is 1.46. The first kappa shape index (κ1) is 21.2. The number of benzene rings is 1. The molecule has 0 atom stereocenters. The van der Waals surface area contributed by atoms with Crippen LogP contribution in [0, 0.1) is 0 Å². The third-order valence-corrected chi connectivity index (χ3v) is 6.52. The molecule has 8 nitrogen and oxygen atoms in total. The van der Waals surface area contributed by atoms with E-state index in [0.717, 1.165) is 36.1 Å². The molecule has 4 rings (SSSR count). The van der Waals surface area contributed by atoms with Crippen LogP contribution in [0.5, 0.6) is 0 Å². The molecule has 0 saturated carbocycles. The van der Waals surface area contributed by atoms with Gasteiger partial charge in [0.15, 0.2) is 0 Å². The lowest BCUT2D eigenvalue weighted by Gasteiger charge is -2.16. The van der Waals surface area contributed by atoms with Crippen LogP contribution in [0.25, 0.3) is 10.9 Å². The van der Waals surface area contributed by atoms with E-state index in [1.807, 2.05) is 6.07 Å². The minimum absolute atomic E-state index is 0.0831. The number of H-pyrrole nitrogens is 1. The van der Waals surface area contributed by atoms with Crippen LogP contribution in [0.15, 0.2) is 29.1 Å². The minimum Gasteiger partial charge on any atom is -0.465 e. The molecule has 162 valence electrons. The molecule has 2 heterocycles. The van der Waals surface area contributed by atoms with Gasteiger partial charge in [0.1, 0.15) is 10.8 Å².